The number of hydroxylamine groups is 1. The maximum absolute atomic E-state index is 13.5. The molecule has 5 fully saturated rings. The van der Waals surface area contributed by atoms with Gasteiger partial charge in [-0.15, -0.1) is 0 Å². The predicted molar refractivity (Wildman–Crippen MR) is 107 cm³/mol. The highest BCUT2D eigenvalue weighted by Gasteiger charge is 2.63. The fourth-order valence-electron chi connectivity index (χ4n) is 5.13. The maximum atomic E-state index is 13.5. The van der Waals surface area contributed by atoms with Gasteiger partial charge in [-0.25, -0.2) is 4.74 Å². The van der Waals surface area contributed by atoms with Gasteiger partial charge < -0.3 is 47.8 Å². The first-order valence-electron chi connectivity index (χ1n) is 11.1. The number of methoxy groups -OCH3 is 1. The van der Waals surface area contributed by atoms with Crippen molar-refractivity contribution >= 4 is 6.21 Å². The first-order valence-corrected chi connectivity index (χ1v) is 11.1. The molecule has 0 aliphatic carbocycles. The maximum Gasteiger partial charge on any atom is 0.222 e. The molecule has 9 atom stereocenters. The lowest BCUT2D eigenvalue weighted by Gasteiger charge is -2.28. The number of fused-ring (bicyclic) bond motifs is 2. The Labute approximate surface area is 187 Å². The molecule has 182 valence electrons. The van der Waals surface area contributed by atoms with Gasteiger partial charge >= 0.3 is 0 Å². The Hall–Kier alpha value is -0.890. The molecule has 0 aromatic carbocycles. The van der Waals surface area contributed by atoms with Gasteiger partial charge in [0.25, 0.3) is 0 Å². The fourth-order valence-corrected chi connectivity index (χ4v) is 5.13. The minimum atomic E-state index is -0.866. The Bertz CT molecular complexity index is 770. The topological polar surface area (TPSA) is 109 Å². The first-order chi connectivity index (χ1) is 14.9. The molecule has 0 radical (unpaired) electrons. The average Bonchev–Trinajstić information content (AvgIpc) is 3.39. The lowest BCUT2D eigenvalue weighted by atomic mass is 10.0. The van der Waals surface area contributed by atoms with Crippen LogP contribution in [0.3, 0.4) is 0 Å². The molecule has 0 N–H and O–H groups in total. The van der Waals surface area contributed by atoms with Crippen LogP contribution < -0.4 is 0 Å². The molecule has 0 aromatic rings. The largest absolute Gasteiger partial charge is 0.624 e. The van der Waals surface area contributed by atoms with Crippen LogP contribution in [0, 0.1) is 5.21 Å². The van der Waals surface area contributed by atoms with Crippen LogP contribution in [0.1, 0.15) is 41.5 Å². The zero-order chi connectivity index (χ0) is 23.1. The highest BCUT2D eigenvalue weighted by atomic mass is 16.9. The number of nitrogens with zero attached hydrogens (tertiary/aromatic N) is 1. The van der Waals surface area contributed by atoms with Gasteiger partial charge in [-0.1, -0.05) is 0 Å². The van der Waals surface area contributed by atoms with Crippen molar-refractivity contribution in [1.29, 1.82) is 0 Å². The lowest BCUT2D eigenvalue weighted by molar-refractivity contribution is -0.520. The van der Waals surface area contributed by atoms with Gasteiger partial charge in [0.15, 0.2) is 54.5 Å². The monoisotopic (exact) mass is 459 g/mol. The summed E-state index contributed by atoms with van der Waals surface area (Å²) in [7, 11) is 1.56. The molecule has 5 aliphatic rings. The smallest absolute Gasteiger partial charge is 0.222 e. The van der Waals surface area contributed by atoms with Gasteiger partial charge in [-0.3, -0.25) is 0 Å². The highest BCUT2D eigenvalue weighted by molar-refractivity contribution is 5.60. The van der Waals surface area contributed by atoms with Crippen molar-refractivity contribution in [3.05, 3.63) is 5.21 Å². The van der Waals surface area contributed by atoms with E-state index < -0.39 is 72.6 Å². The van der Waals surface area contributed by atoms with Crippen molar-refractivity contribution < 1.29 is 47.4 Å². The molecule has 5 rings (SSSR count). The number of hydrogen-bond donors (Lipinski definition) is 0. The molecular formula is C21H33NO10. The molecule has 5 saturated heterocycles. The molecule has 0 amide bonds. The van der Waals surface area contributed by atoms with E-state index in [2.05, 4.69) is 0 Å². The number of ether oxygens (including phenoxy) is 9. The van der Waals surface area contributed by atoms with Gasteiger partial charge in [0.1, 0.15) is 18.3 Å². The van der Waals surface area contributed by atoms with E-state index in [1.807, 2.05) is 27.7 Å². The molecule has 11 heteroatoms. The van der Waals surface area contributed by atoms with Crippen LogP contribution in [0.5, 0.6) is 0 Å². The van der Waals surface area contributed by atoms with E-state index in [0.717, 1.165) is 4.74 Å². The Morgan fingerprint density at radius 2 is 1.44 bits per heavy atom. The lowest BCUT2D eigenvalue weighted by Crippen LogP contribution is -2.49. The van der Waals surface area contributed by atoms with Crippen molar-refractivity contribution in [2.75, 3.05) is 13.7 Å². The normalized spacial score (nSPS) is 48.8. The molecule has 0 unspecified atom stereocenters. The summed E-state index contributed by atoms with van der Waals surface area (Å²) in [6.07, 6.45) is -3.16. The summed E-state index contributed by atoms with van der Waals surface area (Å²) in [6, 6.07) is -0.732. The van der Waals surface area contributed by atoms with E-state index in [1.165, 1.54) is 6.21 Å². The molecule has 0 saturated carbocycles. The van der Waals surface area contributed by atoms with E-state index in [0.29, 0.717) is 6.61 Å². The quantitative estimate of drug-likeness (QED) is 0.260. The van der Waals surface area contributed by atoms with E-state index in [-0.39, 0.29) is 0 Å². The van der Waals surface area contributed by atoms with E-state index in [9.17, 15) is 5.21 Å². The Morgan fingerprint density at radius 3 is 2.03 bits per heavy atom. The Kier molecular flexibility index (Phi) is 5.40. The van der Waals surface area contributed by atoms with Crippen LogP contribution >= 0.6 is 0 Å². The molecule has 5 heterocycles. The second-order valence-electron chi connectivity index (χ2n) is 10.2. The van der Waals surface area contributed by atoms with Gasteiger partial charge in [-0.2, -0.15) is 0 Å². The van der Waals surface area contributed by atoms with Crippen molar-refractivity contribution in [1.82, 2.24) is 0 Å². The Balaban J connectivity index is 1.39. The summed E-state index contributed by atoms with van der Waals surface area (Å²) >= 11 is 0. The number of rotatable bonds is 4. The SMILES string of the molecule is CO[C@@H]1[C@H]2OC(C)(C)O[C@@H]2O[C@@H]1C=[N+]([O-])[C@H]1[C@H]([C@H]2COC(C)(C)O2)O[C@H]2OC(C)(C)O[C@@H]21. The zero-order valence-electron chi connectivity index (χ0n) is 19.5. The summed E-state index contributed by atoms with van der Waals surface area (Å²) in [5.41, 5.74) is 0. The third kappa shape index (κ3) is 3.97. The summed E-state index contributed by atoms with van der Waals surface area (Å²) in [5, 5.41) is 13.5. The zero-order valence-corrected chi connectivity index (χ0v) is 19.5. The van der Waals surface area contributed by atoms with Gasteiger partial charge in [0.05, 0.1) is 6.61 Å². The van der Waals surface area contributed by atoms with E-state index in [1.54, 1.807) is 21.0 Å². The molecule has 0 spiro atoms. The van der Waals surface area contributed by atoms with E-state index >= 15 is 0 Å². The third-order valence-electron chi connectivity index (χ3n) is 6.34. The second kappa shape index (κ2) is 7.56. The van der Waals surface area contributed by atoms with Crippen molar-refractivity contribution in [2.45, 2.75) is 114 Å². The average molecular weight is 459 g/mol. The summed E-state index contributed by atoms with van der Waals surface area (Å²) in [5.74, 6) is -2.41. The predicted octanol–water partition coefficient (Wildman–Crippen LogP) is 0.855. The van der Waals surface area contributed by atoms with Crippen molar-refractivity contribution in [3.63, 3.8) is 0 Å². The first kappa shape index (κ1) is 22.9. The summed E-state index contributed by atoms with van der Waals surface area (Å²) < 4.78 is 53.8. The molecule has 32 heavy (non-hydrogen) atoms. The summed E-state index contributed by atoms with van der Waals surface area (Å²) in [4.78, 5) is 0. The highest BCUT2D eigenvalue weighted by Crippen LogP contribution is 2.42. The minimum Gasteiger partial charge on any atom is -0.624 e. The van der Waals surface area contributed by atoms with Gasteiger partial charge in [0, 0.05) is 7.11 Å². The molecule has 0 aromatic heterocycles. The second-order valence-corrected chi connectivity index (χ2v) is 10.2. The van der Waals surface area contributed by atoms with Crippen LogP contribution in [0.15, 0.2) is 0 Å². The van der Waals surface area contributed by atoms with Crippen LogP contribution in [0.25, 0.3) is 0 Å². The minimum absolute atomic E-state index is 0.298. The van der Waals surface area contributed by atoms with Crippen LogP contribution in [-0.4, -0.2) is 97.3 Å². The molecular weight excluding hydrogens is 426 g/mol. The summed E-state index contributed by atoms with van der Waals surface area (Å²) in [6.45, 7) is 11.1. The van der Waals surface area contributed by atoms with Crippen molar-refractivity contribution in [2.24, 2.45) is 0 Å². The van der Waals surface area contributed by atoms with Crippen LogP contribution in [0.4, 0.5) is 0 Å². The molecule has 5 aliphatic heterocycles. The standard InChI is InChI=1S/C21H33NO10/c1-19(2)25-9-11(28-19)13-12(15-17(27-13)31-20(3,4)29-15)22(23)8-10-14(24-7)16-18(26-10)32-21(5,6)30-16/h8,10-18H,9H2,1-7H3/t10-,11-,12+,13+,14+,15-,16-,17+,18+/m1/s1. The fraction of sp³-hybridized carbons (Fsp3) is 0.952. The molecule has 0 bridgehead atoms. The van der Waals surface area contributed by atoms with E-state index in [4.69, 9.17) is 42.6 Å². The molecule has 11 nitrogen and oxygen atoms in total. The van der Waals surface area contributed by atoms with Crippen molar-refractivity contribution in [3.8, 4) is 0 Å². The Morgan fingerprint density at radius 1 is 0.812 bits per heavy atom. The number of hydrogen-bond acceptors (Lipinski definition) is 10. The van der Waals surface area contributed by atoms with Gasteiger partial charge in [-0.05, 0) is 41.5 Å². The van der Waals surface area contributed by atoms with Crippen LogP contribution in [-0.2, 0) is 42.6 Å². The van der Waals surface area contributed by atoms with Gasteiger partial charge in [0.2, 0.25) is 6.04 Å². The third-order valence-corrected chi connectivity index (χ3v) is 6.34. The van der Waals surface area contributed by atoms with Crippen LogP contribution in [0.2, 0.25) is 0 Å².